The number of morpholine rings is 1. The minimum atomic E-state index is 0.131. The Bertz CT molecular complexity index is 966. The Hall–Kier alpha value is -2.80. The molecule has 1 N–H and O–H groups in total. The van der Waals surface area contributed by atoms with Crippen LogP contribution in [-0.2, 0) is 4.74 Å². The number of aryl methyl sites for hydroxylation is 2. The Balaban J connectivity index is 1.75. The van der Waals surface area contributed by atoms with Crippen LogP contribution in [0.3, 0.4) is 0 Å². The lowest BCUT2D eigenvalue weighted by Gasteiger charge is -2.35. The summed E-state index contributed by atoms with van der Waals surface area (Å²) in [7, 11) is 0. The normalized spacial score (nSPS) is 20.1. The fourth-order valence-corrected chi connectivity index (χ4v) is 3.38. The maximum atomic E-state index is 5.83. The van der Waals surface area contributed by atoms with E-state index in [2.05, 4.69) is 65.0 Å². The second-order valence-corrected chi connectivity index (χ2v) is 7.19. The number of fused-ring (bicyclic) bond motifs is 1. The first-order valence-electron chi connectivity index (χ1n) is 9.23. The van der Waals surface area contributed by atoms with Gasteiger partial charge in [-0.05, 0) is 51.0 Å². The van der Waals surface area contributed by atoms with Crippen LogP contribution < -0.4 is 10.2 Å². The molecule has 7 nitrogen and oxygen atoms in total. The van der Waals surface area contributed by atoms with E-state index in [0.29, 0.717) is 22.9 Å². The fraction of sp³-hybridized carbons (Fsp3) is 0.400. The first-order chi connectivity index (χ1) is 13.0. The molecule has 1 fully saturated rings. The number of ether oxygens (including phenoxy) is 1. The van der Waals surface area contributed by atoms with Gasteiger partial charge in [0.15, 0.2) is 17.0 Å². The van der Waals surface area contributed by atoms with Crippen molar-refractivity contribution in [3.8, 4) is 0 Å². The number of benzene rings is 1. The van der Waals surface area contributed by atoms with Gasteiger partial charge in [0, 0.05) is 31.2 Å². The predicted octanol–water partition coefficient (Wildman–Crippen LogP) is 3.39. The molecule has 2 aromatic heterocycles. The summed E-state index contributed by atoms with van der Waals surface area (Å²) in [6.07, 6.45) is 3.58. The lowest BCUT2D eigenvalue weighted by Crippen LogP contribution is -2.46. The average Bonchev–Trinajstić information content (AvgIpc) is 2.64. The van der Waals surface area contributed by atoms with Crippen LogP contribution in [0.15, 0.2) is 30.6 Å². The summed E-state index contributed by atoms with van der Waals surface area (Å²) in [5, 5.41) is 3.41. The highest BCUT2D eigenvalue weighted by Gasteiger charge is 2.25. The molecule has 1 saturated heterocycles. The SMILES string of the molecule is Cc1ccc(Nc2nc(N3C[C@@H](C)O[C@@H](C)C3)nc3nccnc23)cc1C. The Labute approximate surface area is 158 Å². The Kier molecular flexibility index (Phi) is 4.61. The van der Waals surface area contributed by atoms with Gasteiger partial charge < -0.3 is 15.0 Å². The molecule has 7 heteroatoms. The number of nitrogens with zero attached hydrogens (tertiary/aromatic N) is 5. The molecule has 0 bridgehead atoms. The van der Waals surface area contributed by atoms with Crippen LogP contribution in [0.1, 0.15) is 25.0 Å². The summed E-state index contributed by atoms with van der Waals surface area (Å²) in [5.74, 6) is 1.31. The lowest BCUT2D eigenvalue weighted by molar-refractivity contribution is -0.00569. The van der Waals surface area contributed by atoms with Crippen molar-refractivity contribution in [2.45, 2.75) is 39.9 Å². The van der Waals surface area contributed by atoms with Crippen LogP contribution in [0.4, 0.5) is 17.5 Å². The maximum absolute atomic E-state index is 5.83. The standard InChI is InChI=1S/C20H24N6O/c1-12-5-6-16(9-13(12)2)23-19-17-18(22-8-7-21-17)24-20(25-19)26-10-14(3)27-15(4)11-26/h5-9,14-15H,10-11H2,1-4H3,(H,22,23,24,25)/t14-,15+. The van der Waals surface area contributed by atoms with Crippen molar-refractivity contribution < 1.29 is 4.74 Å². The molecule has 3 heterocycles. The second-order valence-electron chi connectivity index (χ2n) is 7.19. The van der Waals surface area contributed by atoms with E-state index in [-0.39, 0.29) is 12.2 Å². The summed E-state index contributed by atoms with van der Waals surface area (Å²) in [6, 6.07) is 6.25. The molecule has 1 aromatic carbocycles. The van der Waals surface area contributed by atoms with Gasteiger partial charge in [0.1, 0.15) is 0 Å². The maximum Gasteiger partial charge on any atom is 0.229 e. The molecule has 2 atom stereocenters. The van der Waals surface area contributed by atoms with Crippen molar-refractivity contribution in [2.24, 2.45) is 0 Å². The van der Waals surface area contributed by atoms with Crippen LogP contribution in [-0.4, -0.2) is 45.2 Å². The van der Waals surface area contributed by atoms with E-state index < -0.39 is 0 Å². The van der Waals surface area contributed by atoms with E-state index in [1.807, 2.05) is 6.07 Å². The van der Waals surface area contributed by atoms with E-state index in [1.54, 1.807) is 12.4 Å². The van der Waals surface area contributed by atoms with Crippen molar-refractivity contribution in [1.29, 1.82) is 0 Å². The predicted molar refractivity (Wildman–Crippen MR) is 107 cm³/mol. The van der Waals surface area contributed by atoms with Crippen LogP contribution in [0.25, 0.3) is 11.2 Å². The van der Waals surface area contributed by atoms with Gasteiger partial charge in [-0.15, -0.1) is 0 Å². The number of rotatable bonds is 3. The van der Waals surface area contributed by atoms with E-state index in [4.69, 9.17) is 9.72 Å². The first kappa shape index (κ1) is 17.6. The van der Waals surface area contributed by atoms with E-state index in [9.17, 15) is 0 Å². The number of anilines is 3. The quantitative estimate of drug-likeness (QED) is 0.763. The summed E-state index contributed by atoms with van der Waals surface area (Å²) >= 11 is 0. The monoisotopic (exact) mass is 364 g/mol. The van der Waals surface area contributed by atoms with E-state index in [1.165, 1.54) is 11.1 Å². The largest absolute Gasteiger partial charge is 0.372 e. The average molecular weight is 364 g/mol. The van der Waals surface area contributed by atoms with Gasteiger partial charge >= 0.3 is 0 Å². The van der Waals surface area contributed by atoms with Gasteiger partial charge in [-0.2, -0.15) is 9.97 Å². The second kappa shape index (κ2) is 7.08. The molecule has 140 valence electrons. The molecule has 0 aliphatic carbocycles. The van der Waals surface area contributed by atoms with Crippen molar-refractivity contribution in [2.75, 3.05) is 23.3 Å². The smallest absolute Gasteiger partial charge is 0.229 e. The van der Waals surface area contributed by atoms with Crippen LogP contribution in [0.5, 0.6) is 0 Å². The van der Waals surface area contributed by atoms with Gasteiger partial charge in [-0.3, -0.25) is 0 Å². The zero-order valence-electron chi connectivity index (χ0n) is 16.1. The summed E-state index contributed by atoms with van der Waals surface area (Å²) < 4.78 is 5.83. The number of aromatic nitrogens is 4. The zero-order valence-corrected chi connectivity index (χ0v) is 16.1. The van der Waals surface area contributed by atoms with Crippen LogP contribution >= 0.6 is 0 Å². The number of hydrogen-bond donors (Lipinski definition) is 1. The Morgan fingerprint density at radius 3 is 2.48 bits per heavy atom. The molecule has 27 heavy (non-hydrogen) atoms. The van der Waals surface area contributed by atoms with Gasteiger partial charge in [0.25, 0.3) is 0 Å². The molecule has 1 aliphatic heterocycles. The van der Waals surface area contributed by atoms with Gasteiger partial charge in [0.2, 0.25) is 5.95 Å². The summed E-state index contributed by atoms with van der Waals surface area (Å²) in [6.45, 7) is 9.83. The Morgan fingerprint density at radius 1 is 1.00 bits per heavy atom. The molecule has 0 spiro atoms. The molecular weight excluding hydrogens is 340 g/mol. The molecule has 4 rings (SSSR count). The third-order valence-electron chi connectivity index (χ3n) is 4.79. The molecule has 1 aliphatic rings. The fourth-order valence-electron chi connectivity index (χ4n) is 3.38. The molecule has 0 amide bonds. The van der Waals surface area contributed by atoms with Crippen molar-refractivity contribution in [3.63, 3.8) is 0 Å². The molecule has 0 saturated carbocycles. The third-order valence-corrected chi connectivity index (χ3v) is 4.79. The highest BCUT2D eigenvalue weighted by Crippen LogP contribution is 2.26. The van der Waals surface area contributed by atoms with Gasteiger partial charge in [-0.25, -0.2) is 9.97 Å². The van der Waals surface area contributed by atoms with Crippen molar-refractivity contribution in [1.82, 2.24) is 19.9 Å². The molecule has 3 aromatic rings. The summed E-state index contributed by atoms with van der Waals surface area (Å²) in [5.41, 5.74) is 4.69. The number of nitrogens with one attached hydrogen (secondary N) is 1. The van der Waals surface area contributed by atoms with Crippen LogP contribution in [0.2, 0.25) is 0 Å². The van der Waals surface area contributed by atoms with Crippen molar-refractivity contribution >= 4 is 28.6 Å². The highest BCUT2D eigenvalue weighted by molar-refractivity contribution is 5.85. The first-order valence-corrected chi connectivity index (χ1v) is 9.23. The topological polar surface area (TPSA) is 76.1 Å². The zero-order chi connectivity index (χ0) is 19.0. The lowest BCUT2D eigenvalue weighted by atomic mass is 10.1. The van der Waals surface area contributed by atoms with E-state index >= 15 is 0 Å². The highest BCUT2D eigenvalue weighted by atomic mass is 16.5. The minimum absolute atomic E-state index is 0.131. The van der Waals surface area contributed by atoms with Crippen molar-refractivity contribution in [3.05, 3.63) is 41.7 Å². The third kappa shape index (κ3) is 3.68. The van der Waals surface area contributed by atoms with Gasteiger partial charge in [0.05, 0.1) is 12.2 Å². The van der Waals surface area contributed by atoms with E-state index in [0.717, 1.165) is 18.8 Å². The molecular formula is C20H24N6O. The summed E-state index contributed by atoms with van der Waals surface area (Å²) in [4.78, 5) is 20.4. The van der Waals surface area contributed by atoms with Gasteiger partial charge in [-0.1, -0.05) is 6.07 Å². The molecule has 0 radical (unpaired) electrons. The van der Waals surface area contributed by atoms with Crippen LogP contribution in [0, 0.1) is 13.8 Å². The minimum Gasteiger partial charge on any atom is -0.372 e. The molecule has 0 unspecified atom stereocenters. The number of hydrogen-bond acceptors (Lipinski definition) is 7. The Morgan fingerprint density at radius 2 is 1.74 bits per heavy atom.